The highest BCUT2D eigenvalue weighted by Gasteiger charge is 2.63. The van der Waals surface area contributed by atoms with Gasteiger partial charge in [-0.05, 0) is 53.4 Å². The summed E-state index contributed by atoms with van der Waals surface area (Å²) < 4.78 is 33.1. The van der Waals surface area contributed by atoms with Gasteiger partial charge in [0, 0.05) is 36.1 Å². The number of Topliss-reactive ketones (excluding diaryl/α,β-unsaturated/α-hetero) is 2. The highest BCUT2D eigenvalue weighted by Crippen LogP contribution is 2.54. The lowest BCUT2D eigenvalue weighted by molar-refractivity contribution is 0.0941. The van der Waals surface area contributed by atoms with Gasteiger partial charge in [-0.25, -0.2) is 0 Å². The van der Waals surface area contributed by atoms with Crippen LogP contribution in [0.5, 0.6) is 34.5 Å². The van der Waals surface area contributed by atoms with Gasteiger partial charge in [0.1, 0.15) is 34.9 Å². The summed E-state index contributed by atoms with van der Waals surface area (Å²) in [5.41, 5.74) is -0.926. The highest BCUT2D eigenvalue weighted by atomic mass is 16.6. The molecule has 6 aliphatic rings. The molecule has 0 amide bonds. The van der Waals surface area contributed by atoms with Crippen LogP contribution in [0.2, 0.25) is 0 Å². The maximum absolute atomic E-state index is 12.8. The van der Waals surface area contributed by atoms with Crippen LogP contribution in [-0.4, -0.2) is 93.0 Å². The van der Waals surface area contributed by atoms with E-state index < -0.39 is 34.6 Å². The number of ether oxygens (including phenoxy) is 6. The number of aromatic hydroxyl groups is 4. The molecule has 2 aromatic carbocycles. The quantitative estimate of drug-likeness (QED) is 0.275. The zero-order valence-corrected chi connectivity index (χ0v) is 26.8. The molecule has 0 saturated carbocycles. The van der Waals surface area contributed by atoms with Crippen LogP contribution in [0, 0.1) is 0 Å². The standard InChI is InChI=1S/2C17H20O6/c2*1-16-5-4-11-17(2,22-11)7-8-12(14(20)15(16)23-16)9(18)6-10(21-3)13(8)19/h2*6,11,15,18-19H,4-5,7H2,1-3H3/t2*11-,15-,16-,17+/m11/s1. The van der Waals surface area contributed by atoms with Crippen LogP contribution in [0.4, 0.5) is 0 Å². The van der Waals surface area contributed by atoms with Gasteiger partial charge in [0.25, 0.3) is 0 Å². The van der Waals surface area contributed by atoms with E-state index in [0.717, 1.165) is 25.7 Å². The van der Waals surface area contributed by atoms with Gasteiger partial charge in [-0.3, -0.25) is 9.59 Å². The van der Waals surface area contributed by atoms with Crippen LogP contribution < -0.4 is 9.47 Å². The largest absolute Gasteiger partial charge is 0.507 e. The van der Waals surface area contributed by atoms with Gasteiger partial charge in [-0.1, -0.05) is 0 Å². The molecule has 8 rings (SSSR count). The summed E-state index contributed by atoms with van der Waals surface area (Å²) in [5.74, 6) is -0.920. The molecular weight excluding hydrogens is 600 g/mol. The van der Waals surface area contributed by atoms with E-state index in [9.17, 15) is 30.0 Å². The first-order chi connectivity index (χ1) is 21.6. The van der Waals surface area contributed by atoms with E-state index in [1.807, 2.05) is 27.7 Å². The number of phenolic OH excluding ortho intramolecular Hbond substituents is 4. The van der Waals surface area contributed by atoms with Crippen molar-refractivity contribution in [3.63, 3.8) is 0 Å². The lowest BCUT2D eigenvalue weighted by atomic mass is 9.84. The van der Waals surface area contributed by atoms with E-state index in [4.69, 9.17) is 28.4 Å². The minimum Gasteiger partial charge on any atom is -0.507 e. The number of hydrogen-bond donors (Lipinski definition) is 4. The Labute approximate surface area is 266 Å². The first-order valence-electron chi connectivity index (χ1n) is 15.6. The van der Waals surface area contributed by atoms with Gasteiger partial charge in [-0.15, -0.1) is 0 Å². The Morgan fingerprint density at radius 3 is 1.35 bits per heavy atom. The second kappa shape index (κ2) is 9.96. The SMILES string of the molecule is COc1cc(O)c2c(c1O)C[C@]1(C)O[C@@H]1CC[C@@]1(C)O[C@@H]1C2=O.COc1cc(O)c2c(c1O)C[C@]1(C)O[C@@H]1CC[C@@]1(C)O[C@@H]1C2=O. The molecule has 0 spiro atoms. The van der Waals surface area contributed by atoms with Crippen LogP contribution in [-0.2, 0) is 31.8 Å². The zero-order chi connectivity index (χ0) is 33.1. The first-order valence-corrected chi connectivity index (χ1v) is 15.6. The number of carbonyl (C=O) groups is 2. The number of benzene rings is 2. The molecular formula is C34H40O12. The monoisotopic (exact) mass is 640 g/mol. The molecule has 4 aliphatic heterocycles. The first kappa shape index (κ1) is 31.0. The number of ketones is 2. The number of rotatable bonds is 2. The Morgan fingerprint density at radius 1 is 0.630 bits per heavy atom. The zero-order valence-electron chi connectivity index (χ0n) is 26.8. The van der Waals surface area contributed by atoms with Gasteiger partial charge < -0.3 is 48.8 Å². The smallest absolute Gasteiger partial charge is 0.198 e. The van der Waals surface area contributed by atoms with Crippen molar-refractivity contribution < 1.29 is 58.4 Å². The molecule has 4 saturated heterocycles. The second-order valence-corrected chi connectivity index (χ2v) is 14.2. The van der Waals surface area contributed by atoms with Crippen molar-refractivity contribution in [3.8, 4) is 34.5 Å². The number of fused-ring (bicyclic) bond motifs is 6. The average Bonchev–Trinajstić information content (AvgIpc) is 3.93. The molecule has 4 fully saturated rings. The maximum Gasteiger partial charge on any atom is 0.198 e. The Bertz CT molecular complexity index is 1550. The van der Waals surface area contributed by atoms with E-state index in [1.165, 1.54) is 26.4 Å². The van der Waals surface area contributed by atoms with Crippen molar-refractivity contribution in [3.05, 3.63) is 34.4 Å². The summed E-state index contributed by atoms with van der Waals surface area (Å²) in [5, 5.41) is 41.6. The van der Waals surface area contributed by atoms with Gasteiger partial charge >= 0.3 is 0 Å². The van der Waals surface area contributed by atoms with Crippen molar-refractivity contribution >= 4 is 11.6 Å². The van der Waals surface area contributed by atoms with Crippen LogP contribution in [0.15, 0.2) is 12.1 Å². The van der Waals surface area contributed by atoms with E-state index in [1.54, 1.807) is 0 Å². The van der Waals surface area contributed by atoms with Crippen LogP contribution in [0.3, 0.4) is 0 Å². The van der Waals surface area contributed by atoms with Crippen molar-refractivity contribution in [1.82, 2.24) is 0 Å². The fourth-order valence-electron chi connectivity index (χ4n) is 7.51. The summed E-state index contributed by atoms with van der Waals surface area (Å²) in [6, 6.07) is 2.54. The lowest BCUT2D eigenvalue weighted by Crippen LogP contribution is -2.25. The summed E-state index contributed by atoms with van der Waals surface area (Å²) in [7, 11) is 2.81. The number of epoxide rings is 4. The third-order valence-corrected chi connectivity index (χ3v) is 10.8. The number of phenols is 4. The maximum atomic E-state index is 12.8. The fraction of sp³-hybridized carbons (Fsp3) is 0.588. The van der Waals surface area contributed by atoms with E-state index in [0.29, 0.717) is 24.0 Å². The van der Waals surface area contributed by atoms with E-state index in [-0.39, 0.29) is 69.4 Å². The molecule has 2 aromatic rings. The number of methoxy groups -OCH3 is 2. The topological polar surface area (TPSA) is 184 Å². The molecule has 248 valence electrons. The van der Waals surface area contributed by atoms with Crippen molar-refractivity contribution in [2.75, 3.05) is 14.2 Å². The predicted octanol–water partition coefficient (Wildman–Crippen LogP) is 3.88. The van der Waals surface area contributed by atoms with Crippen LogP contribution in [0.25, 0.3) is 0 Å². The van der Waals surface area contributed by atoms with E-state index >= 15 is 0 Å². The number of hydrogen-bond acceptors (Lipinski definition) is 12. The average molecular weight is 641 g/mol. The minimum absolute atomic E-state index is 0.0676. The molecule has 0 bridgehead atoms. The molecule has 0 unspecified atom stereocenters. The fourth-order valence-corrected chi connectivity index (χ4v) is 7.51. The molecule has 2 aliphatic carbocycles. The Kier molecular flexibility index (Phi) is 6.72. The second-order valence-electron chi connectivity index (χ2n) is 14.2. The van der Waals surface area contributed by atoms with Crippen molar-refractivity contribution in [1.29, 1.82) is 0 Å². The third kappa shape index (κ3) is 4.80. The Hall–Kier alpha value is -3.58. The highest BCUT2D eigenvalue weighted by molar-refractivity contribution is 6.07. The van der Waals surface area contributed by atoms with Crippen molar-refractivity contribution in [2.45, 2.75) is 113 Å². The van der Waals surface area contributed by atoms with Crippen LogP contribution in [0.1, 0.15) is 85.2 Å². The minimum atomic E-state index is -0.581. The predicted molar refractivity (Wildman–Crippen MR) is 160 cm³/mol. The summed E-state index contributed by atoms with van der Waals surface area (Å²) in [6.45, 7) is 7.71. The molecule has 12 nitrogen and oxygen atoms in total. The third-order valence-electron chi connectivity index (χ3n) is 10.8. The summed E-state index contributed by atoms with van der Waals surface area (Å²) in [6.07, 6.45) is 2.76. The molecule has 12 heteroatoms. The Morgan fingerprint density at radius 2 is 1.00 bits per heavy atom. The lowest BCUT2D eigenvalue weighted by Gasteiger charge is -2.18. The molecule has 4 heterocycles. The van der Waals surface area contributed by atoms with Crippen LogP contribution >= 0.6 is 0 Å². The molecule has 4 N–H and O–H groups in total. The Balaban J connectivity index is 0.000000147. The van der Waals surface area contributed by atoms with E-state index in [2.05, 4.69) is 0 Å². The molecule has 0 aromatic heterocycles. The van der Waals surface area contributed by atoms with Gasteiger partial charge in [0.05, 0.1) is 48.8 Å². The molecule has 0 radical (unpaired) electrons. The summed E-state index contributed by atoms with van der Waals surface area (Å²) >= 11 is 0. The van der Waals surface area contributed by atoms with Crippen molar-refractivity contribution in [2.24, 2.45) is 0 Å². The van der Waals surface area contributed by atoms with Gasteiger partial charge in [-0.2, -0.15) is 0 Å². The molecule has 8 atom stereocenters. The van der Waals surface area contributed by atoms with Gasteiger partial charge in [0.15, 0.2) is 34.6 Å². The number of carbonyl (C=O) groups excluding carboxylic acids is 2. The summed E-state index contributed by atoms with van der Waals surface area (Å²) in [4.78, 5) is 25.6. The normalized spacial score (nSPS) is 38.1. The van der Waals surface area contributed by atoms with Gasteiger partial charge in [0.2, 0.25) is 0 Å². The molecule has 46 heavy (non-hydrogen) atoms.